The molecule has 0 atom stereocenters. The van der Waals surface area contributed by atoms with Gasteiger partial charge in [-0.3, -0.25) is 9.48 Å². The summed E-state index contributed by atoms with van der Waals surface area (Å²) in [6.07, 6.45) is 3.28. The van der Waals surface area contributed by atoms with Crippen molar-refractivity contribution in [3.63, 3.8) is 0 Å². The Kier molecular flexibility index (Phi) is 5.17. The van der Waals surface area contributed by atoms with Crippen molar-refractivity contribution < 1.29 is 9.21 Å². The molecule has 4 aromatic heterocycles. The molecular weight excluding hydrogens is 414 g/mol. The predicted octanol–water partition coefficient (Wildman–Crippen LogP) is 4.58. The average molecular weight is 433 g/mol. The minimum Gasteiger partial charge on any atom is -0.463 e. The summed E-state index contributed by atoms with van der Waals surface area (Å²) in [4.78, 5) is 22.2. The smallest absolute Gasteiger partial charge is 0.256 e. The Bertz CT molecular complexity index is 1520. The van der Waals surface area contributed by atoms with E-state index in [0.717, 1.165) is 11.3 Å². The van der Waals surface area contributed by atoms with Gasteiger partial charge in [-0.05, 0) is 61.4 Å². The third kappa shape index (κ3) is 4.10. The van der Waals surface area contributed by atoms with Crippen LogP contribution in [0.5, 0.6) is 0 Å². The summed E-state index contributed by atoms with van der Waals surface area (Å²) in [5.74, 6) is 6.43. The van der Waals surface area contributed by atoms with Crippen LogP contribution in [-0.4, -0.2) is 25.7 Å². The highest BCUT2D eigenvalue weighted by atomic mass is 16.3. The second kappa shape index (κ2) is 8.44. The zero-order valence-corrected chi connectivity index (χ0v) is 18.0. The van der Waals surface area contributed by atoms with Crippen molar-refractivity contribution in [1.82, 2.24) is 19.7 Å². The number of nitrogens with zero attached hydrogens (tertiary/aromatic N) is 4. The fourth-order valence-corrected chi connectivity index (χ4v) is 3.62. The van der Waals surface area contributed by atoms with Gasteiger partial charge in [0.2, 0.25) is 0 Å². The summed E-state index contributed by atoms with van der Waals surface area (Å²) in [5, 5.41) is 8.13. The van der Waals surface area contributed by atoms with E-state index in [4.69, 9.17) is 4.42 Å². The molecule has 4 heterocycles. The number of amides is 1. The van der Waals surface area contributed by atoms with Crippen LogP contribution in [0.25, 0.3) is 22.5 Å². The fourth-order valence-electron chi connectivity index (χ4n) is 3.62. The first-order chi connectivity index (χ1) is 16.1. The SMILES string of the molecule is Cc1nn(C)c2nc(-c3ccco3)cc(C(=O)Nc3cccc(C#Cc4ccccn4)c3)c12. The van der Waals surface area contributed by atoms with E-state index in [9.17, 15) is 4.79 Å². The molecule has 1 aromatic carbocycles. The van der Waals surface area contributed by atoms with E-state index in [2.05, 4.69) is 32.2 Å². The summed E-state index contributed by atoms with van der Waals surface area (Å²) in [5.41, 5.74) is 4.47. The average Bonchev–Trinajstić information content (AvgIpc) is 3.47. The van der Waals surface area contributed by atoms with E-state index in [0.29, 0.717) is 39.4 Å². The summed E-state index contributed by atoms with van der Waals surface area (Å²) >= 11 is 0. The highest BCUT2D eigenvalue weighted by Gasteiger charge is 2.20. The second-order valence-corrected chi connectivity index (χ2v) is 7.44. The van der Waals surface area contributed by atoms with Gasteiger partial charge < -0.3 is 9.73 Å². The maximum atomic E-state index is 13.3. The van der Waals surface area contributed by atoms with E-state index >= 15 is 0 Å². The zero-order chi connectivity index (χ0) is 22.8. The maximum absolute atomic E-state index is 13.3. The quantitative estimate of drug-likeness (QED) is 0.421. The number of furan rings is 1. The van der Waals surface area contributed by atoms with E-state index in [1.54, 1.807) is 36.3 Å². The largest absolute Gasteiger partial charge is 0.463 e. The van der Waals surface area contributed by atoms with Crippen molar-refractivity contribution in [3.05, 3.63) is 95.6 Å². The van der Waals surface area contributed by atoms with Crippen LogP contribution in [-0.2, 0) is 7.05 Å². The lowest BCUT2D eigenvalue weighted by Gasteiger charge is -2.09. The summed E-state index contributed by atoms with van der Waals surface area (Å²) in [6, 6.07) is 18.3. The first kappa shape index (κ1) is 20.2. The van der Waals surface area contributed by atoms with Crippen molar-refractivity contribution >= 4 is 22.6 Å². The number of carbonyl (C=O) groups is 1. The number of carbonyl (C=O) groups excluding carboxylic acids is 1. The molecule has 1 amide bonds. The minimum atomic E-state index is -0.263. The Balaban J connectivity index is 1.49. The zero-order valence-electron chi connectivity index (χ0n) is 18.0. The van der Waals surface area contributed by atoms with Crippen molar-refractivity contribution in [2.45, 2.75) is 6.92 Å². The first-order valence-corrected chi connectivity index (χ1v) is 10.3. The lowest BCUT2D eigenvalue weighted by molar-refractivity contribution is 0.102. The van der Waals surface area contributed by atoms with Crippen LogP contribution < -0.4 is 5.32 Å². The Morgan fingerprint density at radius 2 is 1.97 bits per heavy atom. The molecule has 0 radical (unpaired) electrons. The third-order valence-electron chi connectivity index (χ3n) is 5.11. The predicted molar refractivity (Wildman–Crippen MR) is 126 cm³/mol. The molecule has 5 aromatic rings. The van der Waals surface area contributed by atoms with Crippen LogP contribution in [0, 0.1) is 18.8 Å². The number of anilines is 1. The number of pyridine rings is 2. The molecule has 0 saturated carbocycles. The number of nitrogens with one attached hydrogen (secondary N) is 1. The molecule has 5 rings (SSSR count). The second-order valence-electron chi connectivity index (χ2n) is 7.44. The molecule has 0 aliphatic heterocycles. The monoisotopic (exact) mass is 433 g/mol. The van der Waals surface area contributed by atoms with E-state index in [1.165, 1.54) is 0 Å². The number of fused-ring (bicyclic) bond motifs is 1. The topological polar surface area (TPSA) is 85.8 Å². The van der Waals surface area contributed by atoms with Gasteiger partial charge >= 0.3 is 0 Å². The van der Waals surface area contributed by atoms with Crippen LogP contribution >= 0.6 is 0 Å². The minimum absolute atomic E-state index is 0.263. The van der Waals surface area contributed by atoms with E-state index in [1.807, 2.05) is 55.5 Å². The molecule has 160 valence electrons. The van der Waals surface area contributed by atoms with Crippen molar-refractivity contribution in [3.8, 4) is 23.3 Å². The van der Waals surface area contributed by atoms with Gasteiger partial charge in [-0.1, -0.05) is 18.1 Å². The van der Waals surface area contributed by atoms with Gasteiger partial charge in [0, 0.05) is 24.5 Å². The number of aromatic nitrogens is 4. The lowest BCUT2D eigenvalue weighted by Crippen LogP contribution is -2.13. The van der Waals surface area contributed by atoms with Gasteiger partial charge in [0.15, 0.2) is 11.4 Å². The summed E-state index contributed by atoms with van der Waals surface area (Å²) in [7, 11) is 1.81. The fraction of sp³-hybridized carbons (Fsp3) is 0.0769. The molecule has 0 fully saturated rings. The van der Waals surface area contributed by atoms with Gasteiger partial charge in [-0.15, -0.1) is 0 Å². The Hall–Kier alpha value is -4.70. The van der Waals surface area contributed by atoms with Gasteiger partial charge in [-0.2, -0.15) is 5.10 Å². The standard InChI is InChI=1S/C26H19N5O2/c1-17-24-21(16-22(23-10-6-14-33-23)29-25(24)31(2)30-17)26(32)28-20-9-5-7-18(15-20)11-12-19-8-3-4-13-27-19/h3-10,13-16H,1-2H3,(H,28,32). The van der Waals surface area contributed by atoms with Crippen molar-refractivity contribution in [2.24, 2.45) is 7.05 Å². The van der Waals surface area contributed by atoms with Crippen LogP contribution in [0.15, 0.2) is 77.5 Å². The Labute approximate surface area is 190 Å². The van der Waals surface area contributed by atoms with Gasteiger partial charge in [0.05, 0.1) is 22.9 Å². The Morgan fingerprint density at radius 3 is 2.76 bits per heavy atom. The van der Waals surface area contributed by atoms with Crippen molar-refractivity contribution in [1.29, 1.82) is 0 Å². The molecule has 1 N–H and O–H groups in total. The molecule has 0 aliphatic rings. The van der Waals surface area contributed by atoms with Crippen molar-refractivity contribution in [2.75, 3.05) is 5.32 Å². The Morgan fingerprint density at radius 1 is 1.06 bits per heavy atom. The van der Waals surface area contributed by atoms with Crippen LogP contribution in [0.4, 0.5) is 5.69 Å². The summed E-state index contributed by atoms with van der Waals surface area (Å²) in [6.45, 7) is 1.86. The third-order valence-corrected chi connectivity index (χ3v) is 5.11. The molecular formula is C26H19N5O2. The van der Waals surface area contributed by atoms with Gasteiger partial charge in [-0.25, -0.2) is 9.97 Å². The number of aryl methyl sites for hydroxylation is 2. The number of hydrogen-bond donors (Lipinski definition) is 1. The normalized spacial score (nSPS) is 10.6. The van der Waals surface area contributed by atoms with Gasteiger partial charge in [0.1, 0.15) is 11.4 Å². The number of benzene rings is 1. The van der Waals surface area contributed by atoms with E-state index in [-0.39, 0.29) is 5.91 Å². The van der Waals surface area contributed by atoms with E-state index < -0.39 is 0 Å². The molecule has 7 heteroatoms. The molecule has 0 spiro atoms. The molecule has 0 saturated heterocycles. The number of hydrogen-bond acceptors (Lipinski definition) is 5. The molecule has 0 aliphatic carbocycles. The first-order valence-electron chi connectivity index (χ1n) is 10.3. The van der Waals surface area contributed by atoms with Crippen LogP contribution in [0.2, 0.25) is 0 Å². The highest BCUT2D eigenvalue weighted by Crippen LogP contribution is 2.27. The lowest BCUT2D eigenvalue weighted by atomic mass is 10.1. The number of rotatable bonds is 3. The molecule has 0 unspecified atom stereocenters. The maximum Gasteiger partial charge on any atom is 0.256 e. The van der Waals surface area contributed by atoms with Crippen LogP contribution in [0.3, 0.4) is 0 Å². The summed E-state index contributed by atoms with van der Waals surface area (Å²) < 4.78 is 7.17. The molecule has 33 heavy (non-hydrogen) atoms. The van der Waals surface area contributed by atoms with Crippen LogP contribution in [0.1, 0.15) is 27.3 Å². The molecule has 7 nitrogen and oxygen atoms in total. The highest BCUT2D eigenvalue weighted by molar-refractivity contribution is 6.13. The van der Waals surface area contributed by atoms with Gasteiger partial charge in [0.25, 0.3) is 5.91 Å². The molecule has 0 bridgehead atoms.